The molecule has 10 heteroatoms. The molecular formula is C18H23N5O4S. The van der Waals surface area contributed by atoms with Crippen molar-refractivity contribution in [1.82, 2.24) is 14.8 Å². The van der Waals surface area contributed by atoms with Crippen molar-refractivity contribution in [2.24, 2.45) is 0 Å². The van der Waals surface area contributed by atoms with Crippen LogP contribution in [0.1, 0.15) is 44.0 Å². The van der Waals surface area contributed by atoms with Crippen molar-refractivity contribution in [2.45, 2.75) is 50.2 Å². The lowest BCUT2D eigenvalue weighted by molar-refractivity contribution is -0.384. The summed E-state index contributed by atoms with van der Waals surface area (Å²) in [6.45, 7) is 1.92. The Morgan fingerprint density at radius 3 is 2.79 bits per heavy atom. The molecule has 1 saturated carbocycles. The van der Waals surface area contributed by atoms with Crippen molar-refractivity contribution in [1.29, 1.82) is 0 Å². The number of benzene rings is 1. The molecule has 1 fully saturated rings. The zero-order valence-electron chi connectivity index (χ0n) is 15.9. The standard InChI is InChI=1S/C18H23N5O4S/c1-12-20-21-18(22(12)13-6-4-3-5-7-13)28-11-17(24)19-15-9-8-14(27-2)10-16(15)23(25)26/h8-10,13H,3-7,11H2,1-2H3,(H,19,24). The van der Waals surface area contributed by atoms with Crippen LogP contribution in [0, 0.1) is 17.0 Å². The zero-order valence-corrected chi connectivity index (χ0v) is 16.7. The van der Waals surface area contributed by atoms with Gasteiger partial charge in [0, 0.05) is 6.04 Å². The monoisotopic (exact) mass is 405 g/mol. The number of ether oxygens (including phenoxy) is 1. The van der Waals surface area contributed by atoms with E-state index in [1.807, 2.05) is 6.92 Å². The number of thioether (sulfide) groups is 1. The van der Waals surface area contributed by atoms with Gasteiger partial charge in [-0.3, -0.25) is 14.9 Å². The van der Waals surface area contributed by atoms with Crippen LogP contribution in [-0.4, -0.2) is 38.5 Å². The third kappa shape index (κ3) is 4.61. The summed E-state index contributed by atoms with van der Waals surface area (Å²) in [6.07, 6.45) is 5.82. The van der Waals surface area contributed by atoms with Gasteiger partial charge in [-0.15, -0.1) is 10.2 Å². The van der Waals surface area contributed by atoms with Crippen molar-refractivity contribution in [2.75, 3.05) is 18.2 Å². The number of carbonyl (C=O) groups is 1. The first-order valence-electron chi connectivity index (χ1n) is 9.16. The number of rotatable bonds is 7. The van der Waals surface area contributed by atoms with E-state index in [4.69, 9.17) is 4.74 Å². The molecule has 9 nitrogen and oxygen atoms in total. The van der Waals surface area contributed by atoms with E-state index in [1.165, 1.54) is 50.3 Å². The number of nitro benzene ring substituents is 1. The van der Waals surface area contributed by atoms with E-state index in [-0.39, 0.29) is 23.0 Å². The molecule has 0 unspecified atom stereocenters. The molecule has 1 aliphatic carbocycles. The number of hydrogen-bond acceptors (Lipinski definition) is 7. The quantitative estimate of drug-likeness (QED) is 0.424. The van der Waals surface area contributed by atoms with Crippen LogP contribution < -0.4 is 10.1 Å². The molecule has 0 radical (unpaired) electrons. The Morgan fingerprint density at radius 1 is 1.36 bits per heavy atom. The summed E-state index contributed by atoms with van der Waals surface area (Å²) in [7, 11) is 1.43. The lowest BCUT2D eigenvalue weighted by atomic mass is 9.95. The van der Waals surface area contributed by atoms with Crippen LogP contribution in [0.4, 0.5) is 11.4 Å². The average molecular weight is 405 g/mol. The van der Waals surface area contributed by atoms with Crippen LogP contribution in [0.15, 0.2) is 23.4 Å². The Bertz CT molecular complexity index is 864. The van der Waals surface area contributed by atoms with Crippen LogP contribution in [0.2, 0.25) is 0 Å². The molecule has 3 rings (SSSR count). The van der Waals surface area contributed by atoms with Gasteiger partial charge in [-0.25, -0.2) is 0 Å². The SMILES string of the molecule is COc1ccc(NC(=O)CSc2nnc(C)n2C2CCCCC2)c([N+](=O)[O-])c1. The lowest BCUT2D eigenvalue weighted by Crippen LogP contribution is -2.18. The number of aromatic nitrogens is 3. The first-order valence-corrected chi connectivity index (χ1v) is 10.1. The van der Waals surface area contributed by atoms with Crippen LogP contribution in [-0.2, 0) is 4.79 Å². The molecule has 28 heavy (non-hydrogen) atoms. The Hall–Kier alpha value is -2.62. The number of nitrogens with one attached hydrogen (secondary N) is 1. The highest BCUT2D eigenvalue weighted by atomic mass is 32.2. The van der Waals surface area contributed by atoms with E-state index < -0.39 is 4.92 Å². The Labute approximate surface area is 167 Å². The lowest BCUT2D eigenvalue weighted by Gasteiger charge is -2.24. The van der Waals surface area contributed by atoms with Crippen molar-refractivity contribution >= 4 is 29.0 Å². The van der Waals surface area contributed by atoms with E-state index >= 15 is 0 Å². The number of nitro groups is 1. The first-order chi connectivity index (χ1) is 13.5. The van der Waals surface area contributed by atoms with E-state index in [0.717, 1.165) is 18.7 Å². The number of methoxy groups -OCH3 is 1. The molecule has 1 amide bonds. The van der Waals surface area contributed by atoms with Crippen LogP contribution >= 0.6 is 11.8 Å². The molecule has 1 aromatic heterocycles. The van der Waals surface area contributed by atoms with Gasteiger partial charge < -0.3 is 14.6 Å². The number of nitrogens with zero attached hydrogens (tertiary/aromatic N) is 4. The maximum atomic E-state index is 12.4. The molecule has 1 heterocycles. The normalized spacial score (nSPS) is 14.6. The average Bonchev–Trinajstić information content (AvgIpc) is 3.07. The zero-order chi connectivity index (χ0) is 20.1. The largest absolute Gasteiger partial charge is 0.496 e. The van der Waals surface area contributed by atoms with Gasteiger partial charge in [0.25, 0.3) is 5.69 Å². The first kappa shape index (κ1) is 20.1. The maximum Gasteiger partial charge on any atom is 0.296 e. The van der Waals surface area contributed by atoms with Gasteiger partial charge in [0.1, 0.15) is 17.3 Å². The van der Waals surface area contributed by atoms with Gasteiger partial charge in [0.05, 0.1) is 23.9 Å². The predicted molar refractivity (Wildman–Crippen MR) is 106 cm³/mol. The Balaban J connectivity index is 1.66. The molecule has 150 valence electrons. The second-order valence-electron chi connectivity index (χ2n) is 6.67. The topological polar surface area (TPSA) is 112 Å². The van der Waals surface area contributed by atoms with Gasteiger partial charge in [0.2, 0.25) is 5.91 Å². The minimum atomic E-state index is -0.547. The van der Waals surface area contributed by atoms with Gasteiger partial charge >= 0.3 is 0 Å². The molecule has 1 aliphatic rings. The van der Waals surface area contributed by atoms with E-state index in [1.54, 1.807) is 6.07 Å². The van der Waals surface area contributed by atoms with Crippen LogP contribution in [0.25, 0.3) is 0 Å². The fourth-order valence-corrected chi connectivity index (χ4v) is 4.27. The van der Waals surface area contributed by atoms with Crippen LogP contribution in [0.5, 0.6) is 5.75 Å². The maximum absolute atomic E-state index is 12.4. The molecule has 0 saturated heterocycles. The molecule has 0 atom stereocenters. The Kier molecular flexibility index (Phi) is 6.50. The molecule has 1 N–H and O–H groups in total. The fraction of sp³-hybridized carbons (Fsp3) is 0.500. The van der Waals surface area contributed by atoms with Crippen molar-refractivity contribution in [3.8, 4) is 5.75 Å². The molecule has 0 bridgehead atoms. The molecule has 2 aromatic rings. The third-order valence-corrected chi connectivity index (χ3v) is 5.73. The second-order valence-corrected chi connectivity index (χ2v) is 7.61. The molecular weight excluding hydrogens is 382 g/mol. The number of carbonyl (C=O) groups excluding carboxylic acids is 1. The molecule has 0 aliphatic heterocycles. The number of aryl methyl sites for hydroxylation is 1. The third-order valence-electron chi connectivity index (χ3n) is 4.78. The van der Waals surface area contributed by atoms with Crippen LogP contribution in [0.3, 0.4) is 0 Å². The van der Waals surface area contributed by atoms with Crippen molar-refractivity contribution < 1.29 is 14.5 Å². The van der Waals surface area contributed by atoms with Crippen molar-refractivity contribution in [3.63, 3.8) is 0 Å². The minimum absolute atomic E-state index is 0.0913. The molecule has 0 spiro atoms. The van der Waals surface area contributed by atoms with Gasteiger partial charge in [-0.2, -0.15) is 0 Å². The highest BCUT2D eigenvalue weighted by Gasteiger charge is 2.22. The van der Waals surface area contributed by atoms with E-state index in [0.29, 0.717) is 16.9 Å². The highest BCUT2D eigenvalue weighted by molar-refractivity contribution is 7.99. The fourth-order valence-electron chi connectivity index (χ4n) is 3.42. The summed E-state index contributed by atoms with van der Waals surface area (Å²) in [6, 6.07) is 4.69. The summed E-state index contributed by atoms with van der Waals surface area (Å²) in [5.74, 6) is 0.957. The van der Waals surface area contributed by atoms with E-state index in [2.05, 4.69) is 20.1 Å². The summed E-state index contributed by atoms with van der Waals surface area (Å²) in [5, 5.41) is 22.9. The van der Waals surface area contributed by atoms with Crippen molar-refractivity contribution in [3.05, 3.63) is 34.1 Å². The molecule has 1 aromatic carbocycles. The minimum Gasteiger partial charge on any atom is -0.496 e. The summed E-state index contributed by atoms with van der Waals surface area (Å²) in [4.78, 5) is 23.1. The number of hydrogen-bond donors (Lipinski definition) is 1. The predicted octanol–water partition coefficient (Wildman–Crippen LogP) is 3.74. The van der Waals surface area contributed by atoms with Gasteiger partial charge in [-0.1, -0.05) is 31.0 Å². The van der Waals surface area contributed by atoms with Gasteiger partial charge in [0.15, 0.2) is 5.16 Å². The van der Waals surface area contributed by atoms with Gasteiger partial charge in [-0.05, 0) is 31.9 Å². The van der Waals surface area contributed by atoms with E-state index in [9.17, 15) is 14.9 Å². The second kappa shape index (κ2) is 9.05. The Morgan fingerprint density at radius 2 is 2.11 bits per heavy atom. The highest BCUT2D eigenvalue weighted by Crippen LogP contribution is 2.33. The number of anilines is 1. The smallest absolute Gasteiger partial charge is 0.296 e. The summed E-state index contributed by atoms with van der Waals surface area (Å²) >= 11 is 1.29. The summed E-state index contributed by atoms with van der Waals surface area (Å²) in [5.41, 5.74) is -0.0692. The number of amides is 1. The summed E-state index contributed by atoms with van der Waals surface area (Å²) < 4.78 is 7.12.